The molecule has 0 aliphatic carbocycles. The van der Waals surface area contributed by atoms with Crippen LogP contribution in [-0.2, 0) is 9.47 Å². The maximum Gasteiger partial charge on any atom is 0.340 e. The molecule has 0 amide bonds. The van der Waals surface area contributed by atoms with Gasteiger partial charge in [-0.15, -0.1) is 0 Å². The molecule has 0 saturated heterocycles. The number of ether oxygens (including phenoxy) is 3. The number of nitrogens with two attached hydrogens (primary N) is 1. The summed E-state index contributed by atoms with van der Waals surface area (Å²) < 4.78 is 15.5. The Morgan fingerprint density at radius 3 is 2.74 bits per heavy atom. The highest BCUT2D eigenvalue weighted by Crippen LogP contribution is 2.26. The summed E-state index contributed by atoms with van der Waals surface area (Å²) in [5.74, 6) is 0.0868. The van der Waals surface area contributed by atoms with Crippen molar-refractivity contribution in [2.45, 2.75) is 19.8 Å². The van der Waals surface area contributed by atoms with Crippen LogP contribution in [-0.4, -0.2) is 32.9 Å². The van der Waals surface area contributed by atoms with E-state index in [1.54, 1.807) is 25.3 Å². The average molecular weight is 267 g/mol. The molecule has 1 aromatic rings. The summed E-state index contributed by atoms with van der Waals surface area (Å²) in [6.07, 6.45) is 1.54. The summed E-state index contributed by atoms with van der Waals surface area (Å²) in [5.41, 5.74) is 6.58. The first-order valence-corrected chi connectivity index (χ1v) is 6.38. The number of hydrogen-bond acceptors (Lipinski definition) is 5. The number of anilines is 1. The van der Waals surface area contributed by atoms with Crippen molar-refractivity contribution in [3.63, 3.8) is 0 Å². The van der Waals surface area contributed by atoms with E-state index in [0.29, 0.717) is 36.8 Å². The maximum absolute atomic E-state index is 11.8. The smallest absolute Gasteiger partial charge is 0.340 e. The van der Waals surface area contributed by atoms with Crippen LogP contribution in [0.1, 0.15) is 30.1 Å². The van der Waals surface area contributed by atoms with Gasteiger partial charge in [-0.3, -0.25) is 0 Å². The van der Waals surface area contributed by atoms with Crippen LogP contribution in [0.5, 0.6) is 5.75 Å². The van der Waals surface area contributed by atoms with E-state index >= 15 is 0 Å². The first kappa shape index (κ1) is 15.3. The molecule has 0 aliphatic heterocycles. The maximum atomic E-state index is 11.8. The second-order valence-electron chi connectivity index (χ2n) is 4.05. The van der Waals surface area contributed by atoms with Crippen molar-refractivity contribution in [2.24, 2.45) is 0 Å². The van der Waals surface area contributed by atoms with Crippen molar-refractivity contribution >= 4 is 11.7 Å². The average Bonchev–Trinajstić information content (AvgIpc) is 2.42. The van der Waals surface area contributed by atoms with E-state index in [2.05, 4.69) is 0 Å². The molecule has 0 radical (unpaired) electrons. The molecule has 0 spiro atoms. The molecule has 106 valence electrons. The Bertz CT molecular complexity index is 406. The molecule has 0 bridgehead atoms. The number of para-hydroxylation sites is 1. The molecule has 0 aromatic heterocycles. The quantitative estimate of drug-likeness (QED) is 0.444. The minimum Gasteiger partial charge on any atom is -0.491 e. The second kappa shape index (κ2) is 8.37. The third kappa shape index (κ3) is 4.79. The van der Waals surface area contributed by atoms with Gasteiger partial charge in [0.05, 0.1) is 24.5 Å². The number of carbonyl (C=O) groups is 1. The minimum absolute atomic E-state index is 0.320. The summed E-state index contributed by atoms with van der Waals surface area (Å²) >= 11 is 0. The summed E-state index contributed by atoms with van der Waals surface area (Å²) in [6.45, 7) is 3.44. The fourth-order valence-corrected chi connectivity index (χ4v) is 1.51. The van der Waals surface area contributed by atoms with Gasteiger partial charge in [-0.05, 0) is 18.6 Å². The third-order valence-corrected chi connectivity index (χ3v) is 2.47. The standard InChI is InChI=1S/C14H21NO4/c1-3-8-19-14(16)11-6-4-7-12(13(11)15)18-10-5-9-17-2/h4,6-7H,3,5,8-10,15H2,1-2H3. The second-order valence-corrected chi connectivity index (χ2v) is 4.05. The van der Waals surface area contributed by atoms with E-state index < -0.39 is 5.97 Å². The molecular formula is C14H21NO4. The zero-order chi connectivity index (χ0) is 14.1. The van der Waals surface area contributed by atoms with Crippen LogP contribution in [0.4, 0.5) is 5.69 Å². The van der Waals surface area contributed by atoms with E-state index in [9.17, 15) is 4.79 Å². The minimum atomic E-state index is -0.415. The van der Waals surface area contributed by atoms with E-state index in [1.165, 1.54) is 0 Å². The lowest BCUT2D eigenvalue weighted by Gasteiger charge is -2.11. The molecule has 0 fully saturated rings. The first-order valence-electron chi connectivity index (χ1n) is 6.38. The monoisotopic (exact) mass is 267 g/mol. The van der Waals surface area contributed by atoms with E-state index in [0.717, 1.165) is 12.8 Å². The van der Waals surface area contributed by atoms with Gasteiger partial charge < -0.3 is 19.9 Å². The number of benzene rings is 1. The topological polar surface area (TPSA) is 70.8 Å². The number of nitrogen functional groups attached to an aromatic ring is 1. The summed E-state index contributed by atoms with van der Waals surface area (Å²) in [5, 5.41) is 0. The van der Waals surface area contributed by atoms with E-state index in [-0.39, 0.29) is 0 Å². The summed E-state index contributed by atoms with van der Waals surface area (Å²) in [4.78, 5) is 11.8. The Labute approximate surface area is 113 Å². The molecule has 5 nitrogen and oxygen atoms in total. The van der Waals surface area contributed by atoms with Crippen molar-refractivity contribution in [1.82, 2.24) is 0 Å². The lowest BCUT2D eigenvalue weighted by atomic mass is 10.1. The SMILES string of the molecule is CCCOC(=O)c1cccc(OCCCOC)c1N. The fraction of sp³-hybridized carbons (Fsp3) is 0.500. The van der Waals surface area contributed by atoms with E-state index in [4.69, 9.17) is 19.9 Å². The highest BCUT2D eigenvalue weighted by atomic mass is 16.5. The van der Waals surface area contributed by atoms with Crippen LogP contribution in [0.15, 0.2) is 18.2 Å². The zero-order valence-electron chi connectivity index (χ0n) is 11.5. The Morgan fingerprint density at radius 2 is 2.05 bits per heavy atom. The number of methoxy groups -OCH3 is 1. The van der Waals surface area contributed by atoms with Gasteiger partial charge in [0.2, 0.25) is 0 Å². The summed E-state index contributed by atoms with van der Waals surface area (Å²) in [7, 11) is 1.64. The van der Waals surface area contributed by atoms with Gasteiger partial charge in [0.1, 0.15) is 5.75 Å². The van der Waals surface area contributed by atoms with Crippen molar-refractivity contribution in [2.75, 3.05) is 32.7 Å². The summed E-state index contributed by atoms with van der Waals surface area (Å²) in [6, 6.07) is 5.10. The van der Waals surface area contributed by atoms with E-state index in [1.807, 2.05) is 6.92 Å². The molecular weight excluding hydrogens is 246 g/mol. The van der Waals surface area contributed by atoms with Gasteiger partial charge in [-0.25, -0.2) is 4.79 Å². The molecule has 0 saturated carbocycles. The van der Waals surface area contributed by atoms with Gasteiger partial charge in [0.25, 0.3) is 0 Å². The Balaban J connectivity index is 2.66. The lowest BCUT2D eigenvalue weighted by molar-refractivity contribution is 0.0506. The molecule has 1 rings (SSSR count). The Morgan fingerprint density at radius 1 is 1.26 bits per heavy atom. The number of carbonyl (C=O) groups excluding carboxylic acids is 1. The molecule has 2 N–H and O–H groups in total. The number of esters is 1. The van der Waals surface area contributed by atoms with Crippen LogP contribution >= 0.6 is 0 Å². The molecule has 0 heterocycles. The normalized spacial score (nSPS) is 10.2. The van der Waals surface area contributed by atoms with Crippen LogP contribution in [0.3, 0.4) is 0 Å². The highest BCUT2D eigenvalue weighted by Gasteiger charge is 2.14. The Kier molecular flexibility index (Phi) is 6.74. The zero-order valence-corrected chi connectivity index (χ0v) is 11.5. The first-order chi connectivity index (χ1) is 9.20. The van der Waals surface area contributed by atoms with Gasteiger partial charge in [-0.2, -0.15) is 0 Å². The molecule has 0 aliphatic rings. The molecule has 19 heavy (non-hydrogen) atoms. The molecule has 5 heteroatoms. The van der Waals surface area contributed by atoms with Gasteiger partial charge in [0.15, 0.2) is 0 Å². The molecule has 0 atom stereocenters. The highest BCUT2D eigenvalue weighted by molar-refractivity contribution is 5.96. The van der Waals surface area contributed by atoms with Crippen LogP contribution in [0, 0.1) is 0 Å². The largest absolute Gasteiger partial charge is 0.491 e. The molecule has 1 aromatic carbocycles. The van der Waals surface area contributed by atoms with Crippen LogP contribution in [0.25, 0.3) is 0 Å². The van der Waals surface area contributed by atoms with Gasteiger partial charge >= 0.3 is 5.97 Å². The Hall–Kier alpha value is -1.75. The van der Waals surface area contributed by atoms with Crippen LogP contribution < -0.4 is 10.5 Å². The van der Waals surface area contributed by atoms with Crippen molar-refractivity contribution < 1.29 is 19.0 Å². The van der Waals surface area contributed by atoms with Crippen molar-refractivity contribution in [3.05, 3.63) is 23.8 Å². The fourth-order valence-electron chi connectivity index (χ4n) is 1.51. The van der Waals surface area contributed by atoms with Crippen molar-refractivity contribution in [3.8, 4) is 5.75 Å². The lowest BCUT2D eigenvalue weighted by Crippen LogP contribution is -2.10. The number of hydrogen-bond donors (Lipinski definition) is 1. The predicted octanol–water partition coefficient (Wildman–Crippen LogP) is 2.25. The third-order valence-electron chi connectivity index (χ3n) is 2.47. The number of rotatable bonds is 8. The van der Waals surface area contributed by atoms with Crippen molar-refractivity contribution in [1.29, 1.82) is 0 Å². The van der Waals surface area contributed by atoms with Gasteiger partial charge in [-0.1, -0.05) is 13.0 Å². The molecule has 0 unspecified atom stereocenters. The van der Waals surface area contributed by atoms with Crippen LogP contribution in [0.2, 0.25) is 0 Å². The van der Waals surface area contributed by atoms with Gasteiger partial charge in [0, 0.05) is 20.1 Å². The predicted molar refractivity (Wildman–Crippen MR) is 73.4 cm³/mol.